The molecule has 0 amide bonds. The van der Waals surface area contributed by atoms with E-state index in [-0.39, 0.29) is 11.3 Å². The summed E-state index contributed by atoms with van der Waals surface area (Å²) < 4.78 is 91.8. The van der Waals surface area contributed by atoms with Crippen LogP contribution >= 0.6 is 0 Å². The van der Waals surface area contributed by atoms with Gasteiger partial charge in [-0.25, -0.2) is 8.78 Å². The molecule has 3 rings (SSSR count). The predicted octanol–water partition coefficient (Wildman–Crippen LogP) is 7.02. The van der Waals surface area contributed by atoms with Gasteiger partial charge in [-0.15, -0.1) is 0 Å². The van der Waals surface area contributed by atoms with Gasteiger partial charge in [0.1, 0.15) is 28.6 Å². The highest BCUT2D eigenvalue weighted by Crippen LogP contribution is 2.42. The molecule has 0 heterocycles. The highest BCUT2D eigenvalue weighted by Gasteiger charge is 2.42. The Bertz CT molecular complexity index is 1070. The molecule has 0 spiro atoms. The Labute approximate surface area is 179 Å². The van der Waals surface area contributed by atoms with E-state index in [4.69, 9.17) is 0 Å². The van der Waals surface area contributed by atoms with Crippen LogP contribution in [0.5, 0.6) is 17.2 Å². The molecular weight excluding hydrogens is 438 g/mol. The normalized spacial score (nSPS) is 11.6. The molecule has 0 aliphatic heterocycles. The van der Waals surface area contributed by atoms with Gasteiger partial charge in [-0.2, -0.15) is 17.6 Å². The van der Waals surface area contributed by atoms with Crippen LogP contribution in [0.1, 0.15) is 24.5 Å². The molecule has 170 valence electrons. The van der Waals surface area contributed by atoms with Gasteiger partial charge in [0.15, 0.2) is 5.82 Å². The number of aromatic hydroxyl groups is 1. The van der Waals surface area contributed by atoms with E-state index in [1.54, 1.807) is 12.1 Å². The Morgan fingerprint density at radius 3 is 2.09 bits per heavy atom. The molecule has 0 saturated heterocycles. The topological polar surface area (TPSA) is 38.7 Å². The van der Waals surface area contributed by atoms with Crippen LogP contribution in [0.15, 0.2) is 54.6 Å². The van der Waals surface area contributed by atoms with E-state index in [0.717, 1.165) is 42.7 Å². The zero-order valence-corrected chi connectivity index (χ0v) is 16.7. The Hall–Kier alpha value is -3.36. The summed E-state index contributed by atoms with van der Waals surface area (Å²) >= 11 is 0. The van der Waals surface area contributed by atoms with Gasteiger partial charge in [-0.05, 0) is 41.8 Å². The lowest BCUT2D eigenvalue weighted by atomic mass is 9.98. The van der Waals surface area contributed by atoms with Gasteiger partial charge >= 0.3 is 12.7 Å². The van der Waals surface area contributed by atoms with Crippen molar-refractivity contribution >= 4 is 0 Å². The molecular formula is C23H18F6O3. The van der Waals surface area contributed by atoms with E-state index in [0.29, 0.717) is 6.07 Å². The Balaban J connectivity index is 1.96. The SMILES string of the molecule is CCCc1ccc(-c2c(O)cc(F)c(C(F)(F)Oc3ccc(OC(F)F)cc3)c2F)cc1. The maximum atomic E-state index is 15.1. The van der Waals surface area contributed by atoms with E-state index in [1.807, 2.05) is 6.92 Å². The summed E-state index contributed by atoms with van der Waals surface area (Å²) in [5.74, 6) is -5.11. The average molecular weight is 456 g/mol. The Morgan fingerprint density at radius 2 is 1.53 bits per heavy atom. The number of hydrogen-bond acceptors (Lipinski definition) is 3. The number of phenolic OH excluding ortho intramolecular Hbond substituents is 1. The van der Waals surface area contributed by atoms with Crippen molar-refractivity contribution in [2.24, 2.45) is 0 Å². The first-order valence-corrected chi connectivity index (χ1v) is 9.54. The molecule has 0 fully saturated rings. The van der Waals surface area contributed by atoms with Crippen LogP contribution in [0.2, 0.25) is 0 Å². The lowest BCUT2D eigenvalue weighted by molar-refractivity contribution is -0.189. The van der Waals surface area contributed by atoms with Crippen molar-refractivity contribution in [2.75, 3.05) is 0 Å². The molecule has 3 aromatic rings. The summed E-state index contributed by atoms with van der Waals surface area (Å²) in [6.45, 7) is -1.15. The molecule has 0 aliphatic carbocycles. The van der Waals surface area contributed by atoms with E-state index >= 15 is 4.39 Å². The summed E-state index contributed by atoms with van der Waals surface area (Å²) in [6.07, 6.45) is -2.88. The molecule has 3 aromatic carbocycles. The Kier molecular flexibility index (Phi) is 6.86. The molecule has 1 N–H and O–H groups in total. The standard InChI is InChI=1S/C23H18F6O3/c1-2-3-13-4-6-14(7-5-13)19-18(30)12-17(24)20(21(19)25)23(28,29)32-16-10-8-15(9-11-16)31-22(26)27/h4-12,22,30H,2-3H2,1H3. The maximum absolute atomic E-state index is 15.1. The summed E-state index contributed by atoms with van der Waals surface area (Å²) in [5, 5.41) is 10.0. The molecule has 0 saturated carbocycles. The molecule has 0 atom stereocenters. The first-order chi connectivity index (χ1) is 15.1. The van der Waals surface area contributed by atoms with Crippen LogP contribution in [-0.4, -0.2) is 11.7 Å². The maximum Gasteiger partial charge on any atom is 0.432 e. The highest BCUT2D eigenvalue weighted by atomic mass is 19.3. The third-order valence-corrected chi connectivity index (χ3v) is 4.56. The van der Waals surface area contributed by atoms with E-state index in [2.05, 4.69) is 9.47 Å². The molecule has 0 aliphatic rings. The number of phenols is 1. The summed E-state index contributed by atoms with van der Waals surface area (Å²) in [5.41, 5.74) is -1.30. The molecule has 0 aromatic heterocycles. The zero-order valence-electron chi connectivity index (χ0n) is 16.7. The molecule has 9 heteroatoms. The average Bonchev–Trinajstić information content (AvgIpc) is 2.69. The van der Waals surface area contributed by atoms with Crippen molar-refractivity contribution in [3.8, 4) is 28.4 Å². The number of rotatable bonds is 8. The number of aryl methyl sites for hydroxylation is 1. The van der Waals surface area contributed by atoms with Gasteiger partial charge < -0.3 is 14.6 Å². The van der Waals surface area contributed by atoms with Gasteiger partial charge in [-0.1, -0.05) is 37.6 Å². The minimum atomic E-state index is -4.48. The quantitative estimate of drug-likeness (QED) is 0.370. The van der Waals surface area contributed by atoms with Crippen LogP contribution in [0, 0.1) is 11.6 Å². The van der Waals surface area contributed by atoms with Crippen molar-refractivity contribution in [3.63, 3.8) is 0 Å². The predicted molar refractivity (Wildman–Crippen MR) is 105 cm³/mol. The fourth-order valence-corrected chi connectivity index (χ4v) is 3.16. The monoisotopic (exact) mass is 456 g/mol. The van der Waals surface area contributed by atoms with Crippen LogP contribution in [-0.2, 0) is 12.5 Å². The molecule has 3 nitrogen and oxygen atoms in total. The zero-order chi connectivity index (χ0) is 23.5. The van der Waals surface area contributed by atoms with Crippen molar-refractivity contribution < 1.29 is 40.9 Å². The first kappa shape index (κ1) is 23.3. The number of halogens is 6. The minimum Gasteiger partial charge on any atom is -0.507 e. The number of hydrogen-bond donors (Lipinski definition) is 1. The fourth-order valence-electron chi connectivity index (χ4n) is 3.16. The molecule has 0 bridgehead atoms. The van der Waals surface area contributed by atoms with Crippen LogP contribution < -0.4 is 9.47 Å². The molecule has 0 radical (unpaired) electrons. The summed E-state index contributed by atoms with van der Waals surface area (Å²) in [7, 11) is 0. The number of ether oxygens (including phenoxy) is 2. The van der Waals surface area contributed by atoms with Crippen molar-refractivity contribution in [1.29, 1.82) is 0 Å². The van der Waals surface area contributed by atoms with Crippen molar-refractivity contribution in [1.82, 2.24) is 0 Å². The fraction of sp³-hybridized carbons (Fsp3) is 0.217. The lowest BCUT2D eigenvalue weighted by Crippen LogP contribution is -2.25. The van der Waals surface area contributed by atoms with E-state index in [1.165, 1.54) is 12.1 Å². The van der Waals surface area contributed by atoms with Gasteiger partial charge in [0, 0.05) is 6.07 Å². The Morgan fingerprint density at radius 1 is 0.938 bits per heavy atom. The van der Waals surface area contributed by atoms with E-state index < -0.39 is 47.0 Å². The lowest BCUT2D eigenvalue weighted by Gasteiger charge is -2.21. The number of benzene rings is 3. The van der Waals surface area contributed by atoms with E-state index in [9.17, 15) is 27.1 Å². The van der Waals surface area contributed by atoms with Gasteiger partial charge in [0.2, 0.25) is 0 Å². The van der Waals surface area contributed by atoms with Crippen molar-refractivity contribution in [2.45, 2.75) is 32.5 Å². The molecule has 0 unspecified atom stereocenters. The highest BCUT2D eigenvalue weighted by molar-refractivity contribution is 5.72. The van der Waals surface area contributed by atoms with Gasteiger partial charge in [-0.3, -0.25) is 0 Å². The third-order valence-electron chi connectivity index (χ3n) is 4.56. The number of alkyl halides is 4. The third kappa shape index (κ3) is 5.09. The largest absolute Gasteiger partial charge is 0.507 e. The van der Waals surface area contributed by atoms with Crippen LogP contribution in [0.4, 0.5) is 26.3 Å². The second kappa shape index (κ2) is 9.42. The van der Waals surface area contributed by atoms with Crippen LogP contribution in [0.3, 0.4) is 0 Å². The second-order valence-electron chi connectivity index (χ2n) is 6.86. The first-order valence-electron chi connectivity index (χ1n) is 9.54. The second-order valence-corrected chi connectivity index (χ2v) is 6.86. The van der Waals surface area contributed by atoms with Gasteiger partial charge in [0.25, 0.3) is 0 Å². The summed E-state index contributed by atoms with van der Waals surface area (Å²) in [6, 6.07) is 10.2. The van der Waals surface area contributed by atoms with Gasteiger partial charge in [0.05, 0.1) is 5.56 Å². The van der Waals surface area contributed by atoms with Crippen LogP contribution in [0.25, 0.3) is 11.1 Å². The summed E-state index contributed by atoms with van der Waals surface area (Å²) in [4.78, 5) is 0. The smallest absolute Gasteiger partial charge is 0.432 e. The molecule has 32 heavy (non-hydrogen) atoms. The minimum absolute atomic E-state index is 0.0744. The van der Waals surface area contributed by atoms with Crippen molar-refractivity contribution in [3.05, 3.63) is 77.4 Å².